The predicted octanol–water partition coefficient (Wildman–Crippen LogP) is 3.24. The summed E-state index contributed by atoms with van der Waals surface area (Å²) >= 11 is 5.51. The van der Waals surface area contributed by atoms with Crippen LogP contribution >= 0.6 is 35.7 Å². The van der Waals surface area contributed by atoms with Crippen LogP contribution in [0.15, 0.2) is 0 Å². The van der Waals surface area contributed by atoms with Crippen LogP contribution < -0.4 is 0 Å². The van der Waals surface area contributed by atoms with E-state index >= 15 is 0 Å². The first-order valence-electron chi connectivity index (χ1n) is 3.97. The Bertz CT molecular complexity index is 153. The third-order valence-electron chi connectivity index (χ3n) is 1.88. The van der Waals surface area contributed by atoms with Gasteiger partial charge in [-0.1, -0.05) is 0 Å². The molecule has 3 nitrogen and oxygen atoms in total. The SMILES string of the molecule is OP(O)(Br)(Br)OC1CCCCC1. The van der Waals surface area contributed by atoms with Gasteiger partial charge < -0.3 is 0 Å². The minimum atomic E-state index is -4.08. The molecule has 12 heavy (non-hydrogen) atoms. The quantitative estimate of drug-likeness (QED) is 0.767. The van der Waals surface area contributed by atoms with Crippen LogP contribution in [0.5, 0.6) is 0 Å². The van der Waals surface area contributed by atoms with Crippen molar-refractivity contribution in [3.8, 4) is 0 Å². The van der Waals surface area contributed by atoms with E-state index in [4.69, 9.17) is 4.52 Å². The molecule has 1 saturated carbocycles. The Balaban J connectivity index is 2.40. The van der Waals surface area contributed by atoms with E-state index in [9.17, 15) is 9.79 Å². The van der Waals surface area contributed by atoms with E-state index in [0.717, 1.165) is 25.7 Å². The second-order valence-electron chi connectivity index (χ2n) is 3.12. The second kappa shape index (κ2) is 3.79. The fourth-order valence-electron chi connectivity index (χ4n) is 1.42. The van der Waals surface area contributed by atoms with Crippen molar-refractivity contribution in [1.82, 2.24) is 0 Å². The molecule has 0 aliphatic heterocycles. The average molecular weight is 324 g/mol. The molecule has 0 aromatic carbocycles. The van der Waals surface area contributed by atoms with Gasteiger partial charge in [0.1, 0.15) is 0 Å². The molecule has 0 bridgehead atoms. The van der Waals surface area contributed by atoms with Gasteiger partial charge in [0.25, 0.3) is 0 Å². The van der Waals surface area contributed by atoms with Gasteiger partial charge in [-0.15, -0.1) is 0 Å². The van der Waals surface area contributed by atoms with Crippen molar-refractivity contribution in [2.75, 3.05) is 0 Å². The van der Waals surface area contributed by atoms with Gasteiger partial charge in [-0.3, -0.25) is 0 Å². The van der Waals surface area contributed by atoms with Crippen LogP contribution in [-0.2, 0) is 4.52 Å². The van der Waals surface area contributed by atoms with Crippen LogP contribution in [-0.4, -0.2) is 15.9 Å². The summed E-state index contributed by atoms with van der Waals surface area (Å²) in [6.45, 7) is 0. The number of halogens is 2. The molecule has 1 fully saturated rings. The van der Waals surface area contributed by atoms with Gasteiger partial charge in [0.15, 0.2) is 0 Å². The van der Waals surface area contributed by atoms with Gasteiger partial charge in [-0.2, -0.15) is 0 Å². The zero-order valence-corrected chi connectivity index (χ0v) is 10.7. The molecule has 6 heteroatoms. The van der Waals surface area contributed by atoms with E-state index in [0.29, 0.717) is 0 Å². The van der Waals surface area contributed by atoms with Crippen LogP contribution in [0.2, 0.25) is 0 Å². The first kappa shape index (κ1) is 11.3. The molecular weight excluding hydrogens is 311 g/mol. The second-order valence-corrected chi connectivity index (χ2v) is 15.4. The minimum absolute atomic E-state index is 0.0230. The van der Waals surface area contributed by atoms with Gasteiger partial charge in [0, 0.05) is 0 Å². The average Bonchev–Trinajstić information content (AvgIpc) is 1.83. The van der Waals surface area contributed by atoms with Crippen LogP contribution in [0.4, 0.5) is 0 Å². The van der Waals surface area contributed by atoms with Gasteiger partial charge in [0.05, 0.1) is 0 Å². The summed E-state index contributed by atoms with van der Waals surface area (Å²) in [6.07, 6.45) is 5.24. The number of rotatable bonds is 2. The molecule has 0 aromatic heterocycles. The van der Waals surface area contributed by atoms with Crippen molar-refractivity contribution in [3.05, 3.63) is 0 Å². The summed E-state index contributed by atoms with van der Waals surface area (Å²) in [5, 5.41) is 0. The van der Waals surface area contributed by atoms with Crippen molar-refractivity contribution in [2.45, 2.75) is 38.2 Å². The summed E-state index contributed by atoms with van der Waals surface area (Å²) in [4.78, 5) is 18.7. The van der Waals surface area contributed by atoms with Crippen molar-refractivity contribution >= 4 is 35.7 Å². The van der Waals surface area contributed by atoms with Crippen molar-refractivity contribution in [2.24, 2.45) is 0 Å². The van der Waals surface area contributed by atoms with E-state index < -0.39 is 4.69 Å². The molecule has 1 aliphatic rings. The molecule has 2 N–H and O–H groups in total. The molecule has 1 aliphatic carbocycles. The third kappa shape index (κ3) is 5.10. The third-order valence-corrected chi connectivity index (χ3v) is 3.52. The first-order chi connectivity index (χ1) is 5.33. The summed E-state index contributed by atoms with van der Waals surface area (Å²) in [6, 6.07) is 0. The Morgan fingerprint density at radius 2 is 1.58 bits per heavy atom. The molecule has 0 heterocycles. The van der Waals surface area contributed by atoms with E-state index in [1.54, 1.807) is 0 Å². The molecule has 0 spiro atoms. The van der Waals surface area contributed by atoms with Crippen molar-refractivity contribution in [1.29, 1.82) is 0 Å². The van der Waals surface area contributed by atoms with Crippen LogP contribution in [0.3, 0.4) is 0 Å². The Morgan fingerprint density at radius 1 is 1.08 bits per heavy atom. The predicted molar refractivity (Wildman–Crippen MR) is 57.2 cm³/mol. The van der Waals surface area contributed by atoms with E-state index in [1.165, 1.54) is 6.42 Å². The Hall–Kier alpha value is 1.27. The first-order valence-corrected chi connectivity index (χ1v) is 10.1. The van der Waals surface area contributed by atoms with Crippen LogP contribution in [0, 0.1) is 0 Å². The normalized spacial score (nSPS) is 24.8. The van der Waals surface area contributed by atoms with Crippen molar-refractivity contribution < 1.29 is 14.3 Å². The van der Waals surface area contributed by atoms with Crippen LogP contribution in [0.1, 0.15) is 32.1 Å². The van der Waals surface area contributed by atoms with Gasteiger partial charge >= 0.3 is 88.2 Å². The summed E-state index contributed by atoms with van der Waals surface area (Å²) in [5.41, 5.74) is 0. The molecule has 0 unspecified atom stereocenters. The zero-order chi connectivity index (χ0) is 9.27. The molecule has 0 saturated heterocycles. The van der Waals surface area contributed by atoms with Gasteiger partial charge in [0.2, 0.25) is 0 Å². The summed E-state index contributed by atoms with van der Waals surface area (Å²) in [5.74, 6) is 0. The van der Waals surface area contributed by atoms with E-state index in [-0.39, 0.29) is 6.10 Å². The zero-order valence-electron chi connectivity index (χ0n) is 6.62. The van der Waals surface area contributed by atoms with E-state index in [1.807, 2.05) is 0 Å². The Kier molecular flexibility index (Phi) is 3.59. The number of hydrogen-bond donors (Lipinski definition) is 2. The molecule has 0 aromatic rings. The standard InChI is InChI=1S/C6H13Br2O3P/c7-12(8,9,10)11-6-4-2-1-3-5-6/h6,9-10H,1-5H2. The molecule has 1 rings (SSSR count). The molecule has 0 amide bonds. The molecule has 0 atom stereocenters. The summed E-state index contributed by atoms with van der Waals surface area (Å²) in [7, 11) is 0. The van der Waals surface area contributed by atoms with Gasteiger partial charge in [-0.05, 0) is 0 Å². The van der Waals surface area contributed by atoms with Crippen LogP contribution in [0.25, 0.3) is 0 Å². The molecule has 0 radical (unpaired) electrons. The molecular formula is C6H13Br2O3P. The Morgan fingerprint density at radius 3 is 2.00 bits per heavy atom. The summed E-state index contributed by atoms with van der Waals surface area (Å²) < 4.78 is 1.07. The fraction of sp³-hybridized carbons (Fsp3) is 1.00. The molecule has 74 valence electrons. The Labute approximate surface area is 88.1 Å². The van der Waals surface area contributed by atoms with E-state index in [2.05, 4.69) is 31.0 Å². The monoisotopic (exact) mass is 322 g/mol. The van der Waals surface area contributed by atoms with Crippen molar-refractivity contribution in [3.63, 3.8) is 0 Å². The topological polar surface area (TPSA) is 49.7 Å². The van der Waals surface area contributed by atoms with Gasteiger partial charge in [-0.25, -0.2) is 0 Å². The fourth-order valence-corrected chi connectivity index (χ4v) is 3.54. The maximum atomic E-state index is 9.33. The maximum absolute atomic E-state index is 9.33. The number of hydrogen-bond acceptors (Lipinski definition) is 3.